The van der Waals surface area contributed by atoms with Crippen LogP contribution in [0, 0.1) is 5.82 Å². The van der Waals surface area contributed by atoms with E-state index < -0.39 is 0 Å². The number of tetrazole rings is 1. The van der Waals surface area contributed by atoms with Crippen molar-refractivity contribution < 1.29 is 9.18 Å². The number of anilines is 1. The summed E-state index contributed by atoms with van der Waals surface area (Å²) in [6, 6.07) is 11.1. The van der Waals surface area contributed by atoms with E-state index >= 15 is 0 Å². The predicted octanol–water partition coefficient (Wildman–Crippen LogP) is 2.13. The maximum atomic E-state index is 13.1. The second-order valence-corrected chi connectivity index (χ2v) is 5.04. The second-order valence-electron chi connectivity index (χ2n) is 5.04. The number of nitrogens with one attached hydrogen (secondary N) is 3. The monoisotopic (exact) mass is 323 g/mol. The SMILES string of the molecule is O=C(Nc1nnn[nH]1)c1ccc2[nH]nc(-c3ccc(F)cc3)c2c1. The molecule has 9 heteroatoms. The average molecular weight is 323 g/mol. The normalized spacial score (nSPS) is 10.9. The standard InChI is InChI=1S/C15H10FN7O/c16-10-4-1-8(2-5-10)13-11-7-9(3-6-12(11)18-19-13)14(24)17-15-20-22-23-21-15/h1-7H,(H,18,19)(H2,17,20,21,22,23,24). The minimum absolute atomic E-state index is 0.158. The number of hydrogen-bond donors (Lipinski definition) is 3. The van der Waals surface area contributed by atoms with Crippen LogP contribution in [0.2, 0.25) is 0 Å². The molecule has 0 spiro atoms. The van der Waals surface area contributed by atoms with Gasteiger partial charge in [-0.15, -0.1) is 0 Å². The number of H-pyrrole nitrogens is 2. The van der Waals surface area contributed by atoms with E-state index in [0.717, 1.165) is 16.5 Å². The van der Waals surface area contributed by atoms with Crippen LogP contribution in [0.3, 0.4) is 0 Å². The van der Waals surface area contributed by atoms with Crippen LogP contribution >= 0.6 is 0 Å². The minimum Gasteiger partial charge on any atom is -0.289 e. The van der Waals surface area contributed by atoms with Crippen molar-refractivity contribution in [2.24, 2.45) is 0 Å². The zero-order chi connectivity index (χ0) is 16.5. The molecule has 118 valence electrons. The van der Waals surface area contributed by atoms with Crippen LogP contribution in [0.25, 0.3) is 22.2 Å². The molecule has 3 N–H and O–H groups in total. The van der Waals surface area contributed by atoms with Gasteiger partial charge in [0.15, 0.2) is 0 Å². The van der Waals surface area contributed by atoms with Gasteiger partial charge in [-0.25, -0.2) is 9.49 Å². The Kier molecular flexibility index (Phi) is 3.23. The fraction of sp³-hybridized carbons (Fsp3) is 0. The average Bonchev–Trinajstić information content (AvgIpc) is 3.24. The van der Waals surface area contributed by atoms with Gasteiger partial charge in [-0.3, -0.25) is 15.2 Å². The van der Waals surface area contributed by atoms with Gasteiger partial charge in [0, 0.05) is 16.5 Å². The first kappa shape index (κ1) is 14.0. The second kappa shape index (κ2) is 5.54. The highest BCUT2D eigenvalue weighted by molar-refractivity contribution is 6.06. The van der Waals surface area contributed by atoms with E-state index in [1.807, 2.05) is 0 Å². The summed E-state index contributed by atoms with van der Waals surface area (Å²) in [5.41, 5.74) is 2.58. The van der Waals surface area contributed by atoms with Crippen LogP contribution < -0.4 is 5.32 Å². The molecule has 0 atom stereocenters. The van der Waals surface area contributed by atoms with E-state index in [2.05, 4.69) is 36.1 Å². The molecule has 2 aromatic carbocycles. The molecule has 2 heterocycles. The van der Waals surface area contributed by atoms with Gasteiger partial charge in [-0.1, -0.05) is 5.10 Å². The molecule has 8 nitrogen and oxygen atoms in total. The first-order valence-corrected chi connectivity index (χ1v) is 7.00. The summed E-state index contributed by atoms with van der Waals surface area (Å²) >= 11 is 0. The first-order chi connectivity index (χ1) is 11.7. The highest BCUT2D eigenvalue weighted by Crippen LogP contribution is 2.27. The van der Waals surface area contributed by atoms with Crippen LogP contribution in [0.4, 0.5) is 10.3 Å². The Balaban J connectivity index is 1.73. The van der Waals surface area contributed by atoms with Gasteiger partial charge in [0.1, 0.15) is 5.82 Å². The molecule has 0 unspecified atom stereocenters. The molecule has 0 aliphatic heterocycles. The van der Waals surface area contributed by atoms with Crippen molar-refractivity contribution in [1.82, 2.24) is 30.8 Å². The molecule has 0 radical (unpaired) electrons. The molecular weight excluding hydrogens is 313 g/mol. The number of rotatable bonds is 3. The number of aromatic nitrogens is 6. The molecular formula is C15H10FN7O. The molecule has 0 bridgehead atoms. The summed E-state index contributed by atoms with van der Waals surface area (Å²) in [7, 11) is 0. The van der Waals surface area contributed by atoms with Crippen LogP contribution in [-0.4, -0.2) is 36.7 Å². The summed E-state index contributed by atoms with van der Waals surface area (Å²) in [6.45, 7) is 0. The third kappa shape index (κ3) is 2.47. The largest absolute Gasteiger partial charge is 0.289 e. The van der Waals surface area contributed by atoms with Gasteiger partial charge < -0.3 is 0 Å². The lowest BCUT2D eigenvalue weighted by molar-refractivity contribution is 0.102. The summed E-state index contributed by atoms with van der Waals surface area (Å²) in [5.74, 6) is -0.521. The molecule has 1 amide bonds. The van der Waals surface area contributed by atoms with Crippen molar-refractivity contribution in [1.29, 1.82) is 0 Å². The van der Waals surface area contributed by atoms with Crippen molar-refractivity contribution in [3.05, 3.63) is 53.8 Å². The van der Waals surface area contributed by atoms with Gasteiger partial charge in [0.05, 0.1) is 11.2 Å². The number of amides is 1. The summed E-state index contributed by atoms with van der Waals surface area (Å²) < 4.78 is 13.1. The van der Waals surface area contributed by atoms with Gasteiger partial charge in [0.2, 0.25) is 5.95 Å². The number of halogens is 1. The fourth-order valence-electron chi connectivity index (χ4n) is 2.37. The van der Waals surface area contributed by atoms with Crippen LogP contribution in [0.1, 0.15) is 10.4 Å². The molecule has 0 saturated heterocycles. The maximum absolute atomic E-state index is 13.1. The number of hydrogen-bond acceptors (Lipinski definition) is 5. The lowest BCUT2D eigenvalue weighted by atomic mass is 10.1. The Bertz CT molecular complexity index is 1010. The van der Waals surface area contributed by atoms with E-state index in [9.17, 15) is 9.18 Å². The van der Waals surface area contributed by atoms with E-state index in [4.69, 9.17) is 0 Å². The maximum Gasteiger partial charge on any atom is 0.258 e. The number of benzene rings is 2. The summed E-state index contributed by atoms with van der Waals surface area (Å²) in [6.07, 6.45) is 0. The highest BCUT2D eigenvalue weighted by Gasteiger charge is 2.13. The molecule has 0 saturated carbocycles. The molecule has 24 heavy (non-hydrogen) atoms. The van der Waals surface area contributed by atoms with E-state index in [0.29, 0.717) is 11.3 Å². The Morgan fingerprint density at radius 2 is 1.92 bits per heavy atom. The van der Waals surface area contributed by atoms with Crippen molar-refractivity contribution in [3.63, 3.8) is 0 Å². The Hall–Kier alpha value is -3.62. The van der Waals surface area contributed by atoms with Crippen molar-refractivity contribution in [2.75, 3.05) is 5.32 Å². The summed E-state index contributed by atoms with van der Waals surface area (Å²) in [5, 5.41) is 23.3. The molecule has 4 rings (SSSR count). The molecule has 4 aromatic rings. The Morgan fingerprint density at radius 3 is 2.67 bits per heavy atom. The highest BCUT2D eigenvalue weighted by atomic mass is 19.1. The molecule has 0 aliphatic rings. The van der Waals surface area contributed by atoms with Crippen LogP contribution in [-0.2, 0) is 0 Å². The number of fused-ring (bicyclic) bond motifs is 1. The van der Waals surface area contributed by atoms with Gasteiger partial charge in [-0.05, 0) is 52.9 Å². The van der Waals surface area contributed by atoms with Gasteiger partial charge >= 0.3 is 0 Å². The van der Waals surface area contributed by atoms with E-state index in [-0.39, 0.29) is 17.7 Å². The van der Waals surface area contributed by atoms with Gasteiger partial charge in [0.25, 0.3) is 5.91 Å². The smallest absolute Gasteiger partial charge is 0.258 e. The first-order valence-electron chi connectivity index (χ1n) is 7.00. The number of carbonyl (C=O) groups is 1. The number of aromatic amines is 2. The van der Waals surface area contributed by atoms with E-state index in [1.54, 1.807) is 30.3 Å². The number of nitrogens with zero attached hydrogens (tertiary/aromatic N) is 4. The fourth-order valence-corrected chi connectivity index (χ4v) is 2.37. The Labute approximate surface area is 134 Å². The molecule has 0 aliphatic carbocycles. The lowest BCUT2D eigenvalue weighted by Crippen LogP contribution is -2.12. The van der Waals surface area contributed by atoms with Gasteiger partial charge in [-0.2, -0.15) is 5.10 Å². The Morgan fingerprint density at radius 1 is 1.08 bits per heavy atom. The topological polar surface area (TPSA) is 112 Å². The third-order valence-electron chi connectivity index (χ3n) is 3.52. The third-order valence-corrected chi connectivity index (χ3v) is 3.52. The van der Waals surface area contributed by atoms with Crippen LogP contribution in [0.15, 0.2) is 42.5 Å². The quantitative estimate of drug-likeness (QED) is 0.534. The molecule has 0 fully saturated rings. The van der Waals surface area contributed by atoms with Crippen molar-refractivity contribution >= 4 is 22.8 Å². The number of carbonyl (C=O) groups excluding carboxylic acids is 1. The molecule has 2 aromatic heterocycles. The summed E-state index contributed by atoms with van der Waals surface area (Å²) in [4.78, 5) is 12.3. The zero-order valence-corrected chi connectivity index (χ0v) is 12.1. The van der Waals surface area contributed by atoms with E-state index in [1.165, 1.54) is 12.1 Å². The van der Waals surface area contributed by atoms with Crippen molar-refractivity contribution in [3.8, 4) is 11.3 Å². The van der Waals surface area contributed by atoms with Crippen molar-refractivity contribution in [2.45, 2.75) is 0 Å². The van der Waals surface area contributed by atoms with Crippen LogP contribution in [0.5, 0.6) is 0 Å². The lowest BCUT2D eigenvalue weighted by Gasteiger charge is -2.02. The minimum atomic E-state index is -0.360. The predicted molar refractivity (Wildman–Crippen MR) is 83.6 cm³/mol. The zero-order valence-electron chi connectivity index (χ0n) is 12.1.